The van der Waals surface area contributed by atoms with E-state index in [4.69, 9.17) is 22.3 Å². The molecule has 0 bridgehead atoms. The second kappa shape index (κ2) is 6.78. The molecule has 0 aliphatic carbocycles. The van der Waals surface area contributed by atoms with Gasteiger partial charge in [-0.15, -0.1) is 12.8 Å². The van der Waals surface area contributed by atoms with E-state index in [1.165, 1.54) is 18.2 Å². The molecule has 0 aliphatic rings. The van der Waals surface area contributed by atoms with Crippen molar-refractivity contribution in [3.63, 3.8) is 0 Å². The fourth-order valence-corrected chi connectivity index (χ4v) is 1.15. The van der Waals surface area contributed by atoms with Crippen LogP contribution < -0.4 is 0 Å². The molecule has 4 heteroatoms. The van der Waals surface area contributed by atoms with E-state index in [9.17, 15) is 9.59 Å². The highest BCUT2D eigenvalue weighted by Gasteiger charge is 2.11. The number of hydrogen-bond donors (Lipinski definition) is 0. The molecule has 0 amide bonds. The molecule has 0 fully saturated rings. The lowest BCUT2D eigenvalue weighted by Gasteiger charge is -2.04. The molecule has 0 saturated heterocycles. The maximum atomic E-state index is 11.5. The van der Waals surface area contributed by atoms with Gasteiger partial charge < -0.3 is 9.47 Å². The minimum atomic E-state index is -0.598. The molecule has 0 aromatic heterocycles. The first kappa shape index (κ1) is 13.3. The number of carbonyl (C=O) groups is 2. The molecule has 0 unspecified atom stereocenters. The number of hydrogen-bond acceptors (Lipinski definition) is 4. The third kappa shape index (κ3) is 3.70. The molecule has 0 N–H and O–H groups in total. The maximum Gasteiger partial charge on any atom is 0.339 e. The summed E-state index contributed by atoms with van der Waals surface area (Å²) < 4.78 is 9.47. The van der Waals surface area contributed by atoms with Gasteiger partial charge >= 0.3 is 11.9 Å². The van der Waals surface area contributed by atoms with Crippen molar-refractivity contribution in [2.24, 2.45) is 0 Å². The van der Waals surface area contributed by atoms with Crippen LogP contribution in [0.1, 0.15) is 20.7 Å². The van der Waals surface area contributed by atoms with E-state index >= 15 is 0 Å². The molecule has 0 saturated carbocycles. The standard InChI is InChI=1S/C14H10O4/c1-3-8-17-13(15)11-6-5-7-12(10-11)14(16)18-9-4-2/h1-2,5-7,10H,8-9H2. The summed E-state index contributed by atoms with van der Waals surface area (Å²) in [5.74, 6) is 3.16. The molecular weight excluding hydrogens is 232 g/mol. The Hall–Kier alpha value is -2.72. The summed E-state index contributed by atoms with van der Waals surface area (Å²) >= 11 is 0. The van der Waals surface area contributed by atoms with Gasteiger partial charge in [0.1, 0.15) is 0 Å². The number of rotatable bonds is 4. The smallest absolute Gasteiger partial charge is 0.339 e. The van der Waals surface area contributed by atoms with E-state index in [1.54, 1.807) is 6.07 Å². The molecule has 4 nitrogen and oxygen atoms in total. The third-order valence-corrected chi connectivity index (χ3v) is 1.91. The predicted molar refractivity (Wildman–Crippen MR) is 64.7 cm³/mol. The van der Waals surface area contributed by atoms with Gasteiger partial charge in [0.2, 0.25) is 0 Å². The van der Waals surface area contributed by atoms with E-state index in [0.717, 1.165) is 0 Å². The van der Waals surface area contributed by atoms with Gasteiger partial charge in [-0.3, -0.25) is 0 Å². The molecule has 0 aliphatic heterocycles. The Balaban J connectivity index is 2.80. The summed E-state index contributed by atoms with van der Waals surface area (Å²) in [6.45, 7) is -0.241. The second-order valence-corrected chi connectivity index (χ2v) is 3.14. The van der Waals surface area contributed by atoms with Crippen LogP contribution >= 0.6 is 0 Å². The Morgan fingerprint density at radius 1 is 1.00 bits per heavy atom. The first-order chi connectivity index (χ1) is 8.69. The summed E-state index contributed by atoms with van der Waals surface area (Å²) in [7, 11) is 0. The van der Waals surface area contributed by atoms with Crippen LogP contribution in [0.2, 0.25) is 0 Å². The van der Waals surface area contributed by atoms with Crippen LogP contribution in [0.5, 0.6) is 0 Å². The van der Waals surface area contributed by atoms with Gasteiger partial charge in [-0.2, -0.15) is 0 Å². The molecule has 1 rings (SSSR count). The molecule has 0 radical (unpaired) electrons. The minimum Gasteiger partial charge on any atom is -0.449 e. The zero-order valence-corrected chi connectivity index (χ0v) is 9.51. The SMILES string of the molecule is C#CCOC(=O)c1cccc(C(=O)OCC#C)c1. The van der Waals surface area contributed by atoms with E-state index in [-0.39, 0.29) is 24.3 Å². The summed E-state index contributed by atoms with van der Waals surface area (Å²) in [5, 5.41) is 0. The van der Waals surface area contributed by atoms with Crippen molar-refractivity contribution in [1.29, 1.82) is 0 Å². The van der Waals surface area contributed by atoms with Crippen LogP contribution in [0, 0.1) is 24.7 Å². The molecule has 18 heavy (non-hydrogen) atoms. The van der Waals surface area contributed by atoms with Crippen molar-refractivity contribution < 1.29 is 19.1 Å². The average Bonchev–Trinajstić information content (AvgIpc) is 2.42. The summed E-state index contributed by atoms with van der Waals surface area (Å²) in [5.41, 5.74) is 0.445. The Bertz CT molecular complexity index is 486. The van der Waals surface area contributed by atoms with E-state index in [0.29, 0.717) is 0 Å². The van der Waals surface area contributed by atoms with Crippen molar-refractivity contribution in [1.82, 2.24) is 0 Å². The number of ether oxygens (including phenoxy) is 2. The number of terminal acetylenes is 2. The Kier molecular flexibility index (Phi) is 5.02. The van der Waals surface area contributed by atoms with Crippen molar-refractivity contribution in [3.05, 3.63) is 35.4 Å². The van der Waals surface area contributed by atoms with Crippen molar-refractivity contribution in [3.8, 4) is 24.7 Å². The Morgan fingerprint density at radius 3 is 1.83 bits per heavy atom. The normalized spacial score (nSPS) is 8.78. The maximum absolute atomic E-state index is 11.5. The number of benzene rings is 1. The molecule has 0 spiro atoms. The fourth-order valence-electron chi connectivity index (χ4n) is 1.15. The molecule has 90 valence electrons. The lowest BCUT2D eigenvalue weighted by molar-refractivity contribution is 0.0555. The van der Waals surface area contributed by atoms with Crippen LogP contribution in [0.15, 0.2) is 24.3 Å². The molecule has 0 atom stereocenters. The highest BCUT2D eigenvalue weighted by atomic mass is 16.5. The summed E-state index contributed by atoms with van der Waals surface area (Å²) in [6, 6.07) is 5.92. The highest BCUT2D eigenvalue weighted by Crippen LogP contribution is 2.08. The molecule has 1 aromatic rings. The summed E-state index contributed by atoms with van der Waals surface area (Å²) in [4.78, 5) is 23.0. The fraction of sp³-hybridized carbons (Fsp3) is 0.143. The highest BCUT2D eigenvalue weighted by molar-refractivity contribution is 5.95. The predicted octanol–water partition coefficient (Wildman–Crippen LogP) is 1.27. The van der Waals surface area contributed by atoms with Gasteiger partial charge in [0.25, 0.3) is 0 Å². The Morgan fingerprint density at radius 2 is 1.44 bits per heavy atom. The van der Waals surface area contributed by atoms with E-state index < -0.39 is 11.9 Å². The van der Waals surface area contributed by atoms with Gasteiger partial charge in [0.05, 0.1) is 11.1 Å². The average molecular weight is 242 g/mol. The van der Waals surface area contributed by atoms with E-state index in [1.807, 2.05) is 0 Å². The van der Waals surface area contributed by atoms with Gasteiger partial charge in [-0.1, -0.05) is 17.9 Å². The van der Waals surface area contributed by atoms with Gasteiger partial charge in [0, 0.05) is 0 Å². The first-order valence-electron chi connectivity index (χ1n) is 5.00. The van der Waals surface area contributed by atoms with Crippen molar-refractivity contribution in [2.45, 2.75) is 0 Å². The van der Waals surface area contributed by atoms with Crippen LogP contribution in [0.25, 0.3) is 0 Å². The molecule has 0 heterocycles. The number of carbonyl (C=O) groups excluding carboxylic acids is 2. The van der Waals surface area contributed by atoms with Crippen LogP contribution in [-0.2, 0) is 9.47 Å². The van der Waals surface area contributed by atoms with Crippen molar-refractivity contribution >= 4 is 11.9 Å². The zero-order valence-electron chi connectivity index (χ0n) is 9.51. The van der Waals surface area contributed by atoms with Crippen LogP contribution in [0.3, 0.4) is 0 Å². The minimum absolute atomic E-state index is 0.120. The largest absolute Gasteiger partial charge is 0.449 e. The zero-order chi connectivity index (χ0) is 13.4. The van der Waals surface area contributed by atoms with Gasteiger partial charge in [-0.25, -0.2) is 9.59 Å². The quantitative estimate of drug-likeness (QED) is 0.589. The monoisotopic (exact) mass is 242 g/mol. The molecule has 1 aromatic carbocycles. The van der Waals surface area contributed by atoms with Gasteiger partial charge in [-0.05, 0) is 18.2 Å². The third-order valence-electron chi connectivity index (χ3n) is 1.91. The second-order valence-electron chi connectivity index (χ2n) is 3.14. The van der Waals surface area contributed by atoms with Crippen molar-refractivity contribution in [2.75, 3.05) is 13.2 Å². The summed E-state index contributed by atoms with van der Waals surface area (Å²) in [6.07, 6.45) is 9.94. The van der Waals surface area contributed by atoms with Crippen LogP contribution in [0.4, 0.5) is 0 Å². The Labute approximate surface area is 105 Å². The first-order valence-corrected chi connectivity index (χ1v) is 5.00. The van der Waals surface area contributed by atoms with Gasteiger partial charge in [0.15, 0.2) is 13.2 Å². The lowest BCUT2D eigenvalue weighted by Crippen LogP contribution is -2.09. The topological polar surface area (TPSA) is 52.6 Å². The molecular formula is C14H10O4. The number of esters is 2. The lowest BCUT2D eigenvalue weighted by atomic mass is 10.1. The van der Waals surface area contributed by atoms with Crippen LogP contribution in [-0.4, -0.2) is 25.2 Å². The van der Waals surface area contributed by atoms with E-state index in [2.05, 4.69) is 11.8 Å².